The van der Waals surface area contributed by atoms with Crippen LogP contribution in [0.4, 0.5) is 21.9 Å². The van der Waals surface area contributed by atoms with Gasteiger partial charge in [-0.25, -0.2) is 4.79 Å². The molecule has 7 rings (SSSR count). The van der Waals surface area contributed by atoms with Gasteiger partial charge in [0.05, 0.1) is 5.69 Å². The molecular formula is C35H34N6O4. The highest BCUT2D eigenvalue weighted by atomic mass is 16.6. The Morgan fingerprint density at radius 2 is 1.64 bits per heavy atom. The van der Waals surface area contributed by atoms with Crippen LogP contribution in [-0.2, 0) is 0 Å². The Morgan fingerprint density at radius 1 is 0.911 bits per heavy atom. The zero-order valence-corrected chi connectivity index (χ0v) is 25.2. The molecule has 1 atom stereocenters. The zero-order chi connectivity index (χ0) is 31.2. The van der Waals surface area contributed by atoms with Crippen molar-refractivity contribution in [3.05, 3.63) is 95.7 Å². The molecule has 0 spiro atoms. The van der Waals surface area contributed by atoms with E-state index >= 15 is 0 Å². The normalized spacial score (nSPS) is 16.6. The summed E-state index contributed by atoms with van der Waals surface area (Å²) >= 11 is 0. The lowest BCUT2D eigenvalue weighted by molar-refractivity contribution is 0.0983. The number of carbonyl (C=O) groups excluding carboxylic acids is 3. The Hall–Kier alpha value is -5.35. The first-order valence-corrected chi connectivity index (χ1v) is 15.1. The minimum Gasteiger partial charge on any atom is -0.409 e. The second-order valence-corrected chi connectivity index (χ2v) is 11.9. The van der Waals surface area contributed by atoms with Crippen LogP contribution >= 0.6 is 0 Å². The quantitative estimate of drug-likeness (QED) is 0.228. The molecule has 0 saturated carbocycles. The van der Waals surface area contributed by atoms with Gasteiger partial charge in [-0.3, -0.25) is 9.59 Å². The third-order valence-electron chi connectivity index (χ3n) is 8.75. The van der Waals surface area contributed by atoms with Gasteiger partial charge in [-0.2, -0.15) is 0 Å². The Balaban J connectivity index is 1.17. The number of nitrogen functional groups attached to an aromatic ring is 1. The molecule has 5 aromatic rings. The molecule has 3 heterocycles. The number of H-pyrrole nitrogens is 1. The van der Waals surface area contributed by atoms with Crippen LogP contribution in [0.25, 0.3) is 21.7 Å². The van der Waals surface area contributed by atoms with Gasteiger partial charge in [0.15, 0.2) is 0 Å². The number of carbonyl (C=O) groups is 3. The lowest BCUT2D eigenvalue weighted by Gasteiger charge is -2.31. The molecule has 0 radical (unpaired) electrons. The van der Waals surface area contributed by atoms with Crippen molar-refractivity contribution in [2.45, 2.75) is 12.8 Å². The van der Waals surface area contributed by atoms with Crippen molar-refractivity contribution in [1.29, 1.82) is 0 Å². The lowest BCUT2D eigenvalue weighted by Crippen LogP contribution is -2.48. The predicted molar refractivity (Wildman–Crippen MR) is 176 cm³/mol. The Morgan fingerprint density at radius 3 is 2.40 bits per heavy atom. The Kier molecular flexibility index (Phi) is 7.13. The maximum Gasteiger partial charge on any atom is 0.415 e. The van der Waals surface area contributed by atoms with E-state index in [1.807, 2.05) is 49.5 Å². The van der Waals surface area contributed by atoms with Crippen LogP contribution < -0.4 is 20.7 Å². The van der Waals surface area contributed by atoms with Crippen LogP contribution in [0.2, 0.25) is 0 Å². The molecule has 1 fully saturated rings. The average Bonchev–Trinajstić information content (AvgIpc) is 3.62. The van der Waals surface area contributed by atoms with E-state index in [-0.39, 0.29) is 23.8 Å². The molecule has 1 aromatic heterocycles. The standard InChI is InChI=1S/C35H34N6O4/c1-21-20-41(30-19-31(26-5-3-4-6-27(26)32(21)30)45-35(44)40-15-13-39(2)14-16-40)34(43)29-18-23-17-25(11-12-28(23)38-29)37-33(42)22-7-9-24(36)10-8-22/h3-12,17-19,21,38H,13-16,20,36H2,1-2H3,(H,37,42)/t21-/m1/s1. The van der Waals surface area contributed by atoms with Crippen LogP contribution in [0, 0.1) is 0 Å². The fourth-order valence-corrected chi connectivity index (χ4v) is 6.29. The van der Waals surface area contributed by atoms with Crippen molar-refractivity contribution in [3.63, 3.8) is 0 Å². The minimum absolute atomic E-state index is 0.0794. The van der Waals surface area contributed by atoms with Crippen LogP contribution in [0.5, 0.6) is 5.75 Å². The first-order chi connectivity index (χ1) is 21.7. The monoisotopic (exact) mass is 602 g/mol. The predicted octanol–water partition coefficient (Wildman–Crippen LogP) is 5.67. The van der Waals surface area contributed by atoms with E-state index in [0.717, 1.165) is 46.0 Å². The highest BCUT2D eigenvalue weighted by Gasteiger charge is 2.34. The topological polar surface area (TPSA) is 124 Å². The summed E-state index contributed by atoms with van der Waals surface area (Å²) in [7, 11) is 2.04. The summed E-state index contributed by atoms with van der Waals surface area (Å²) in [6.07, 6.45) is -0.382. The minimum atomic E-state index is -0.382. The van der Waals surface area contributed by atoms with Gasteiger partial charge < -0.3 is 35.5 Å². The molecule has 45 heavy (non-hydrogen) atoms. The van der Waals surface area contributed by atoms with Gasteiger partial charge >= 0.3 is 6.09 Å². The molecule has 1 saturated heterocycles. The van der Waals surface area contributed by atoms with Crippen molar-refractivity contribution in [2.75, 3.05) is 55.7 Å². The number of rotatable bonds is 4. The van der Waals surface area contributed by atoms with Gasteiger partial charge in [-0.1, -0.05) is 31.2 Å². The fourth-order valence-electron chi connectivity index (χ4n) is 6.29. The third kappa shape index (κ3) is 5.33. The van der Waals surface area contributed by atoms with Gasteiger partial charge in [-0.05, 0) is 66.5 Å². The van der Waals surface area contributed by atoms with Crippen LogP contribution in [0.15, 0.2) is 78.9 Å². The Labute approximate surface area is 260 Å². The zero-order valence-electron chi connectivity index (χ0n) is 25.2. The van der Waals surface area contributed by atoms with Crippen molar-refractivity contribution in [2.24, 2.45) is 0 Å². The summed E-state index contributed by atoms with van der Waals surface area (Å²) < 4.78 is 6.01. The van der Waals surface area contributed by atoms with E-state index in [1.165, 1.54) is 0 Å². The summed E-state index contributed by atoms with van der Waals surface area (Å²) in [5.74, 6) is 0.0881. The number of benzene rings is 4. The number of ether oxygens (including phenoxy) is 1. The van der Waals surface area contributed by atoms with Gasteiger partial charge in [0.2, 0.25) is 0 Å². The molecule has 0 bridgehead atoms. The molecule has 2 aliphatic heterocycles. The van der Waals surface area contributed by atoms with E-state index in [9.17, 15) is 14.4 Å². The number of hydrogen-bond acceptors (Lipinski definition) is 6. The number of amides is 3. The van der Waals surface area contributed by atoms with Crippen molar-refractivity contribution in [1.82, 2.24) is 14.8 Å². The van der Waals surface area contributed by atoms with E-state index < -0.39 is 0 Å². The average molecular weight is 603 g/mol. The number of piperazine rings is 1. The SMILES string of the molecule is C[C@@H]1CN(C(=O)c2cc3cc(NC(=O)c4ccc(N)cc4)ccc3[nH]2)c2cc(OC(=O)N3CCN(C)CC3)c3ccccc3c21. The number of nitrogens with zero attached hydrogens (tertiary/aromatic N) is 3. The summed E-state index contributed by atoms with van der Waals surface area (Å²) in [6.45, 7) is 5.39. The largest absolute Gasteiger partial charge is 0.415 e. The molecule has 228 valence electrons. The van der Waals surface area contributed by atoms with Crippen LogP contribution in [-0.4, -0.2) is 72.5 Å². The molecular weight excluding hydrogens is 568 g/mol. The first kappa shape index (κ1) is 28.4. The van der Waals surface area contributed by atoms with Gasteiger partial charge in [0, 0.05) is 77.9 Å². The lowest BCUT2D eigenvalue weighted by atomic mass is 9.95. The number of aromatic nitrogens is 1. The number of fused-ring (bicyclic) bond motifs is 4. The summed E-state index contributed by atoms with van der Waals surface area (Å²) in [5.41, 5.74) is 10.4. The maximum absolute atomic E-state index is 14.0. The van der Waals surface area contributed by atoms with Crippen LogP contribution in [0.3, 0.4) is 0 Å². The number of aromatic amines is 1. The second-order valence-electron chi connectivity index (χ2n) is 11.9. The molecule has 10 heteroatoms. The number of likely N-dealkylation sites (N-methyl/N-ethyl adjacent to an activating group) is 1. The molecule has 3 amide bonds. The first-order valence-electron chi connectivity index (χ1n) is 15.1. The van der Waals surface area contributed by atoms with Gasteiger partial charge in [0.1, 0.15) is 11.4 Å². The maximum atomic E-state index is 14.0. The number of nitrogens with one attached hydrogen (secondary N) is 2. The molecule has 2 aliphatic rings. The molecule has 4 aromatic carbocycles. The van der Waals surface area contributed by atoms with Crippen molar-refractivity contribution in [3.8, 4) is 5.75 Å². The highest BCUT2D eigenvalue weighted by Crippen LogP contribution is 2.45. The third-order valence-corrected chi connectivity index (χ3v) is 8.75. The van der Waals surface area contributed by atoms with Gasteiger partial charge in [-0.15, -0.1) is 0 Å². The highest BCUT2D eigenvalue weighted by molar-refractivity contribution is 6.12. The summed E-state index contributed by atoms with van der Waals surface area (Å²) in [4.78, 5) is 48.9. The van der Waals surface area contributed by atoms with E-state index in [1.54, 1.807) is 46.2 Å². The molecule has 10 nitrogen and oxygen atoms in total. The Bertz CT molecular complexity index is 1960. The van der Waals surface area contributed by atoms with Crippen molar-refractivity contribution >= 4 is 56.6 Å². The number of anilines is 3. The number of hydrogen-bond donors (Lipinski definition) is 3. The van der Waals surface area contributed by atoms with Crippen molar-refractivity contribution < 1.29 is 19.1 Å². The summed E-state index contributed by atoms with van der Waals surface area (Å²) in [5, 5.41) is 5.52. The van der Waals surface area contributed by atoms with E-state index in [0.29, 0.717) is 48.0 Å². The van der Waals surface area contributed by atoms with Gasteiger partial charge in [0.25, 0.3) is 11.8 Å². The summed E-state index contributed by atoms with van der Waals surface area (Å²) in [6, 6.07) is 23.7. The molecule has 0 aliphatic carbocycles. The second kappa shape index (κ2) is 11.3. The number of nitrogens with two attached hydrogens (primary N) is 1. The smallest absolute Gasteiger partial charge is 0.409 e. The molecule has 4 N–H and O–H groups in total. The van der Waals surface area contributed by atoms with E-state index in [2.05, 4.69) is 22.1 Å². The van der Waals surface area contributed by atoms with E-state index in [4.69, 9.17) is 10.5 Å². The fraction of sp³-hybridized carbons (Fsp3) is 0.229. The molecule has 0 unspecified atom stereocenters. The van der Waals surface area contributed by atoms with Crippen LogP contribution in [0.1, 0.15) is 39.3 Å².